The van der Waals surface area contributed by atoms with Crippen LogP contribution >= 0.6 is 22.6 Å². The SMILES string of the molecule is O=C(NCCCCCI)C1CC2CCC1C2. The van der Waals surface area contributed by atoms with Gasteiger partial charge in [0.25, 0.3) is 0 Å². The predicted molar refractivity (Wildman–Crippen MR) is 74.7 cm³/mol. The van der Waals surface area contributed by atoms with Gasteiger partial charge in [0, 0.05) is 12.5 Å². The van der Waals surface area contributed by atoms with Crippen LogP contribution in [0.1, 0.15) is 44.9 Å². The lowest BCUT2D eigenvalue weighted by Gasteiger charge is -2.20. The lowest BCUT2D eigenvalue weighted by atomic mass is 9.88. The monoisotopic (exact) mass is 335 g/mol. The molecule has 2 aliphatic carbocycles. The predicted octanol–water partition coefficient (Wildman–Crippen LogP) is 3.14. The standard InChI is InChI=1S/C13H22INO/c14-6-2-1-3-7-15-13(16)12-9-10-4-5-11(12)8-10/h10-12H,1-9H2,(H,15,16). The number of unbranched alkanes of at least 4 members (excludes halogenated alkanes) is 2. The van der Waals surface area contributed by atoms with E-state index in [1.54, 1.807) is 0 Å². The Labute approximate surface area is 112 Å². The van der Waals surface area contributed by atoms with E-state index in [9.17, 15) is 4.79 Å². The molecule has 0 aliphatic heterocycles. The van der Waals surface area contributed by atoms with Gasteiger partial charge in [0.15, 0.2) is 0 Å². The van der Waals surface area contributed by atoms with Gasteiger partial charge in [-0.3, -0.25) is 4.79 Å². The highest BCUT2D eigenvalue weighted by Crippen LogP contribution is 2.48. The summed E-state index contributed by atoms with van der Waals surface area (Å²) in [4.78, 5) is 12.0. The van der Waals surface area contributed by atoms with E-state index in [1.165, 1.54) is 43.0 Å². The molecule has 0 aromatic carbocycles. The molecule has 1 amide bonds. The maximum atomic E-state index is 12.0. The fraction of sp³-hybridized carbons (Fsp3) is 0.923. The van der Waals surface area contributed by atoms with E-state index in [-0.39, 0.29) is 0 Å². The number of rotatable bonds is 6. The fourth-order valence-corrected chi connectivity index (χ4v) is 3.84. The van der Waals surface area contributed by atoms with E-state index in [2.05, 4.69) is 27.9 Å². The second kappa shape index (κ2) is 6.22. The second-order valence-electron chi connectivity index (χ2n) is 5.32. The molecule has 2 nitrogen and oxygen atoms in total. The number of halogens is 1. The van der Waals surface area contributed by atoms with Crippen molar-refractivity contribution in [1.82, 2.24) is 5.32 Å². The molecule has 2 fully saturated rings. The Hall–Kier alpha value is 0.200. The van der Waals surface area contributed by atoms with Crippen molar-refractivity contribution in [3.8, 4) is 0 Å². The van der Waals surface area contributed by atoms with Gasteiger partial charge in [0.05, 0.1) is 0 Å². The third-order valence-corrected chi connectivity index (χ3v) is 4.95. The van der Waals surface area contributed by atoms with Gasteiger partial charge in [0.2, 0.25) is 5.91 Å². The molecule has 0 radical (unpaired) electrons. The van der Waals surface area contributed by atoms with Gasteiger partial charge < -0.3 is 5.32 Å². The zero-order chi connectivity index (χ0) is 11.4. The summed E-state index contributed by atoms with van der Waals surface area (Å²) in [6.07, 6.45) is 8.86. The largest absolute Gasteiger partial charge is 0.356 e. The first kappa shape index (κ1) is 12.7. The van der Waals surface area contributed by atoms with E-state index < -0.39 is 0 Å². The van der Waals surface area contributed by atoms with E-state index >= 15 is 0 Å². The fourth-order valence-electron chi connectivity index (χ4n) is 3.30. The second-order valence-corrected chi connectivity index (χ2v) is 6.40. The molecule has 2 saturated carbocycles. The molecule has 2 aliphatic rings. The number of fused-ring (bicyclic) bond motifs is 2. The molecule has 3 atom stereocenters. The summed E-state index contributed by atoms with van der Waals surface area (Å²) < 4.78 is 1.23. The zero-order valence-electron chi connectivity index (χ0n) is 9.88. The van der Waals surface area contributed by atoms with E-state index in [4.69, 9.17) is 0 Å². The highest BCUT2D eigenvalue weighted by molar-refractivity contribution is 14.1. The van der Waals surface area contributed by atoms with Crippen molar-refractivity contribution in [1.29, 1.82) is 0 Å². The van der Waals surface area contributed by atoms with E-state index in [0.717, 1.165) is 24.8 Å². The molecular formula is C13H22INO. The summed E-state index contributed by atoms with van der Waals surface area (Å²) in [6.45, 7) is 0.892. The third-order valence-electron chi connectivity index (χ3n) is 4.18. The summed E-state index contributed by atoms with van der Waals surface area (Å²) in [5.41, 5.74) is 0. The quantitative estimate of drug-likeness (QED) is 0.451. The van der Waals surface area contributed by atoms with Crippen LogP contribution in [0.3, 0.4) is 0 Å². The molecule has 0 spiro atoms. The smallest absolute Gasteiger partial charge is 0.223 e. The van der Waals surface area contributed by atoms with Crippen LogP contribution in [0.2, 0.25) is 0 Å². The number of nitrogens with one attached hydrogen (secondary N) is 1. The van der Waals surface area contributed by atoms with Gasteiger partial charge in [-0.25, -0.2) is 0 Å². The van der Waals surface area contributed by atoms with Gasteiger partial charge in [0.1, 0.15) is 0 Å². The first-order valence-electron chi connectivity index (χ1n) is 6.65. The molecule has 1 N–H and O–H groups in total. The van der Waals surface area contributed by atoms with Crippen LogP contribution in [0.5, 0.6) is 0 Å². The van der Waals surface area contributed by atoms with Gasteiger partial charge in [-0.15, -0.1) is 0 Å². The Bertz CT molecular complexity index is 244. The van der Waals surface area contributed by atoms with Crippen LogP contribution in [-0.4, -0.2) is 16.9 Å². The van der Waals surface area contributed by atoms with Gasteiger partial charge >= 0.3 is 0 Å². The van der Waals surface area contributed by atoms with Crippen molar-refractivity contribution in [3.05, 3.63) is 0 Å². The lowest BCUT2D eigenvalue weighted by molar-refractivity contribution is -0.126. The summed E-state index contributed by atoms with van der Waals surface area (Å²) >= 11 is 2.41. The van der Waals surface area contributed by atoms with Crippen molar-refractivity contribution >= 4 is 28.5 Å². The van der Waals surface area contributed by atoms with Gasteiger partial charge in [-0.1, -0.05) is 35.4 Å². The van der Waals surface area contributed by atoms with Crippen molar-refractivity contribution in [2.24, 2.45) is 17.8 Å². The minimum absolute atomic E-state index is 0.349. The first-order valence-corrected chi connectivity index (χ1v) is 8.17. The Morgan fingerprint density at radius 3 is 2.69 bits per heavy atom. The number of carbonyl (C=O) groups is 1. The summed E-state index contributed by atoms with van der Waals surface area (Å²) in [5.74, 6) is 2.31. The van der Waals surface area contributed by atoms with Gasteiger partial charge in [-0.2, -0.15) is 0 Å². The minimum atomic E-state index is 0.349. The van der Waals surface area contributed by atoms with Crippen molar-refractivity contribution < 1.29 is 4.79 Å². The highest BCUT2D eigenvalue weighted by atomic mass is 127. The van der Waals surface area contributed by atoms with Crippen LogP contribution in [0.15, 0.2) is 0 Å². The number of hydrogen-bond acceptors (Lipinski definition) is 1. The molecule has 0 saturated heterocycles. The van der Waals surface area contributed by atoms with Crippen molar-refractivity contribution in [3.63, 3.8) is 0 Å². The molecule has 3 unspecified atom stereocenters. The van der Waals surface area contributed by atoms with Crippen LogP contribution in [0.4, 0.5) is 0 Å². The number of alkyl halides is 1. The summed E-state index contributed by atoms with van der Waals surface area (Å²) in [7, 11) is 0. The van der Waals surface area contributed by atoms with E-state index in [1.807, 2.05) is 0 Å². The minimum Gasteiger partial charge on any atom is -0.356 e. The summed E-state index contributed by atoms with van der Waals surface area (Å²) in [6, 6.07) is 0. The number of hydrogen-bond donors (Lipinski definition) is 1. The molecule has 3 heteroatoms. The van der Waals surface area contributed by atoms with Crippen LogP contribution in [0.25, 0.3) is 0 Å². The molecule has 0 aromatic heterocycles. The zero-order valence-corrected chi connectivity index (χ0v) is 12.0. The van der Waals surface area contributed by atoms with Gasteiger partial charge in [-0.05, 0) is 48.4 Å². The molecule has 0 aromatic rings. The normalized spacial score (nSPS) is 31.9. The molecule has 0 heterocycles. The highest BCUT2D eigenvalue weighted by Gasteiger charge is 2.42. The molecular weight excluding hydrogens is 313 g/mol. The molecule has 2 rings (SSSR count). The van der Waals surface area contributed by atoms with Crippen molar-refractivity contribution in [2.75, 3.05) is 11.0 Å². The topological polar surface area (TPSA) is 29.1 Å². The number of amides is 1. The Balaban J connectivity index is 1.61. The Morgan fingerprint density at radius 2 is 2.06 bits per heavy atom. The van der Waals surface area contributed by atoms with Crippen LogP contribution in [0, 0.1) is 17.8 Å². The maximum absolute atomic E-state index is 12.0. The lowest BCUT2D eigenvalue weighted by Crippen LogP contribution is -2.34. The molecule has 2 bridgehead atoms. The first-order chi connectivity index (χ1) is 7.81. The average molecular weight is 335 g/mol. The number of carbonyl (C=O) groups excluding carboxylic acids is 1. The van der Waals surface area contributed by atoms with Crippen LogP contribution < -0.4 is 5.32 Å². The molecule has 92 valence electrons. The van der Waals surface area contributed by atoms with E-state index in [0.29, 0.717) is 11.8 Å². The Morgan fingerprint density at radius 1 is 1.19 bits per heavy atom. The van der Waals surface area contributed by atoms with Crippen LogP contribution in [-0.2, 0) is 4.79 Å². The Kier molecular flexibility index (Phi) is 4.92. The maximum Gasteiger partial charge on any atom is 0.223 e. The summed E-state index contributed by atoms with van der Waals surface area (Å²) in [5, 5.41) is 3.13. The third kappa shape index (κ3) is 3.11. The average Bonchev–Trinajstić information content (AvgIpc) is 2.90. The molecule has 16 heavy (non-hydrogen) atoms. The van der Waals surface area contributed by atoms with Crippen molar-refractivity contribution in [2.45, 2.75) is 44.9 Å².